The number of hydrogen-bond donors (Lipinski definition) is 2. The van der Waals surface area contributed by atoms with Crippen LogP contribution in [0.5, 0.6) is 0 Å². The minimum atomic E-state index is -0.0939. The molecule has 212 valence electrons. The molecule has 0 saturated carbocycles. The molecule has 6 rings (SSSR count). The number of aryl methyl sites for hydroxylation is 3. The number of benzene rings is 2. The Morgan fingerprint density at radius 3 is 2.55 bits per heavy atom. The van der Waals surface area contributed by atoms with Gasteiger partial charge in [0.2, 0.25) is 0 Å². The third-order valence-electron chi connectivity index (χ3n) is 6.17. The van der Waals surface area contributed by atoms with Crippen LogP contribution in [0.1, 0.15) is 39.8 Å². The fraction of sp³-hybridized carbons (Fsp3) is 0.161. The molecule has 42 heavy (non-hydrogen) atoms. The number of carbonyl (C=O) groups is 1. The zero-order chi connectivity index (χ0) is 30.2. The Hall–Kier alpha value is -5.60. The molecule has 0 radical (unpaired) electrons. The largest absolute Gasteiger partial charge is 0.382 e. The molecule has 0 atom stereocenters. The van der Waals surface area contributed by atoms with Gasteiger partial charge in [0.25, 0.3) is 5.56 Å². The van der Waals surface area contributed by atoms with Crippen LogP contribution in [0.3, 0.4) is 0 Å². The molecule has 6 aromatic rings. The maximum Gasteiger partial charge on any atom is 0.267 e. The fourth-order valence-corrected chi connectivity index (χ4v) is 4.31. The number of nitrogens with two attached hydrogens (primary N) is 2. The number of aromatic nitrogens is 7. The number of hydrogen-bond acceptors (Lipinski definition) is 8. The lowest BCUT2D eigenvalue weighted by Crippen LogP contribution is -2.24. The average Bonchev–Trinajstić information content (AvgIpc) is 3.58. The van der Waals surface area contributed by atoms with Crippen molar-refractivity contribution in [2.75, 3.05) is 12.8 Å². The number of carbonyl (C=O) groups excluding carboxylic acids is 1. The van der Waals surface area contributed by atoms with Gasteiger partial charge < -0.3 is 11.5 Å². The molecule has 11 nitrogen and oxygen atoms in total. The summed E-state index contributed by atoms with van der Waals surface area (Å²) in [6, 6.07) is 15.2. The Labute approximate surface area is 242 Å². The van der Waals surface area contributed by atoms with E-state index in [1.807, 2.05) is 69.6 Å². The van der Waals surface area contributed by atoms with Gasteiger partial charge in [0.05, 0.1) is 28.4 Å². The fourth-order valence-electron chi connectivity index (χ4n) is 4.31. The van der Waals surface area contributed by atoms with Crippen molar-refractivity contribution < 1.29 is 4.79 Å². The average molecular weight is 562 g/mol. The zero-order valence-electron chi connectivity index (χ0n) is 23.8. The van der Waals surface area contributed by atoms with Gasteiger partial charge in [0.1, 0.15) is 11.4 Å². The number of fused-ring (bicyclic) bond motifs is 2. The second-order valence-corrected chi connectivity index (χ2v) is 9.02. The van der Waals surface area contributed by atoms with Crippen molar-refractivity contribution in [1.82, 2.24) is 33.9 Å². The van der Waals surface area contributed by atoms with E-state index in [0.717, 1.165) is 22.6 Å². The Bertz CT molecular complexity index is 1990. The predicted molar refractivity (Wildman–Crippen MR) is 164 cm³/mol. The molecule has 0 amide bonds. The minimum absolute atomic E-state index is 0.0939. The van der Waals surface area contributed by atoms with E-state index in [1.54, 1.807) is 33.9 Å². The topological polar surface area (TPSA) is 152 Å². The van der Waals surface area contributed by atoms with Crippen molar-refractivity contribution in [3.8, 4) is 17.5 Å². The van der Waals surface area contributed by atoms with Crippen molar-refractivity contribution >= 4 is 28.7 Å². The Balaban J connectivity index is 0.000000241. The third kappa shape index (κ3) is 6.09. The van der Waals surface area contributed by atoms with Crippen molar-refractivity contribution in [3.05, 3.63) is 112 Å². The molecule has 0 saturated heterocycles. The summed E-state index contributed by atoms with van der Waals surface area (Å²) < 4.78 is 4.87. The first-order valence-electron chi connectivity index (χ1n) is 13.1. The van der Waals surface area contributed by atoms with Crippen LogP contribution in [0.25, 0.3) is 22.2 Å². The summed E-state index contributed by atoms with van der Waals surface area (Å²) in [6.07, 6.45) is 8.14. The summed E-state index contributed by atoms with van der Waals surface area (Å²) in [7, 11) is 3.35. The lowest BCUT2D eigenvalue weighted by Gasteiger charge is -2.13. The smallest absolute Gasteiger partial charge is 0.267 e. The van der Waals surface area contributed by atoms with Crippen LogP contribution < -0.4 is 17.0 Å². The van der Waals surface area contributed by atoms with Crippen LogP contribution in [0.2, 0.25) is 0 Å². The first kappa shape index (κ1) is 29.4. The highest BCUT2D eigenvalue weighted by atomic mass is 16.1. The van der Waals surface area contributed by atoms with Gasteiger partial charge >= 0.3 is 0 Å². The second kappa shape index (κ2) is 13.2. The minimum Gasteiger partial charge on any atom is -0.382 e. The van der Waals surface area contributed by atoms with Gasteiger partial charge in [-0.1, -0.05) is 37.0 Å². The first-order chi connectivity index (χ1) is 20.4. The lowest BCUT2D eigenvalue weighted by atomic mass is 10.1. The van der Waals surface area contributed by atoms with E-state index in [-0.39, 0.29) is 11.4 Å². The zero-order valence-corrected chi connectivity index (χ0v) is 23.8. The van der Waals surface area contributed by atoms with Crippen LogP contribution in [0.15, 0.2) is 78.1 Å². The van der Waals surface area contributed by atoms with E-state index < -0.39 is 0 Å². The van der Waals surface area contributed by atoms with Crippen LogP contribution in [0.4, 0.5) is 5.82 Å². The van der Waals surface area contributed by atoms with Gasteiger partial charge in [0, 0.05) is 37.6 Å². The van der Waals surface area contributed by atoms with Crippen LogP contribution >= 0.6 is 0 Å². The van der Waals surface area contributed by atoms with Gasteiger partial charge in [-0.3, -0.25) is 18.8 Å². The number of rotatable bonds is 3. The lowest BCUT2D eigenvalue weighted by molar-refractivity contribution is 0.112. The molecule has 0 unspecified atom stereocenters. The SMILES string of the molecule is CCc1nc2cccc(C#Cc3cnn(C)c3)c2c(=O)n1-c1cccc(C)c1.CN.Nc1nn2cccnc2c1C=O. The summed E-state index contributed by atoms with van der Waals surface area (Å²) >= 11 is 0. The summed E-state index contributed by atoms with van der Waals surface area (Å²) in [6.45, 7) is 4.02. The number of aldehydes is 1. The summed E-state index contributed by atoms with van der Waals surface area (Å²) in [4.78, 5) is 32.7. The predicted octanol–water partition coefficient (Wildman–Crippen LogP) is 3.09. The molecular weight excluding hydrogens is 530 g/mol. The highest BCUT2D eigenvalue weighted by Crippen LogP contribution is 2.18. The van der Waals surface area contributed by atoms with Gasteiger partial charge in [-0.05, 0) is 49.9 Å². The van der Waals surface area contributed by atoms with E-state index in [0.29, 0.717) is 40.4 Å². The normalized spacial score (nSPS) is 10.2. The van der Waals surface area contributed by atoms with E-state index in [4.69, 9.17) is 10.7 Å². The maximum atomic E-state index is 13.5. The van der Waals surface area contributed by atoms with Crippen molar-refractivity contribution in [2.24, 2.45) is 12.8 Å². The molecule has 0 fully saturated rings. The highest BCUT2D eigenvalue weighted by Gasteiger charge is 2.14. The Kier molecular flexibility index (Phi) is 9.21. The van der Waals surface area contributed by atoms with Gasteiger partial charge in [-0.15, -0.1) is 5.10 Å². The first-order valence-corrected chi connectivity index (χ1v) is 13.1. The molecule has 4 N–H and O–H groups in total. The van der Waals surface area contributed by atoms with Crippen molar-refractivity contribution in [3.63, 3.8) is 0 Å². The number of nitrogens with zero attached hydrogens (tertiary/aromatic N) is 7. The molecule has 0 spiro atoms. The molecule has 0 aliphatic carbocycles. The van der Waals surface area contributed by atoms with Gasteiger partial charge in [-0.2, -0.15) is 5.10 Å². The molecule has 4 heterocycles. The van der Waals surface area contributed by atoms with Gasteiger partial charge in [-0.25, -0.2) is 14.5 Å². The molecular formula is C31H31N9O2. The maximum absolute atomic E-state index is 13.5. The molecule has 11 heteroatoms. The van der Waals surface area contributed by atoms with E-state index in [9.17, 15) is 9.59 Å². The third-order valence-corrected chi connectivity index (χ3v) is 6.17. The van der Waals surface area contributed by atoms with Gasteiger partial charge in [0.15, 0.2) is 17.8 Å². The molecule has 4 aromatic heterocycles. The summed E-state index contributed by atoms with van der Waals surface area (Å²) in [5.41, 5.74) is 14.8. The highest BCUT2D eigenvalue weighted by molar-refractivity contribution is 5.90. The Morgan fingerprint density at radius 2 is 1.86 bits per heavy atom. The number of nitrogen functional groups attached to an aromatic ring is 1. The van der Waals surface area contributed by atoms with Crippen LogP contribution in [-0.4, -0.2) is 47.3 Å². The standard InChI is InChI=1S/C23H20N4O.C7H6N4O.CH5N/c1-4-21-25-20-10-6-8-18(12-11-17-14-24-26(3)15-17)22(20)23(28)27(21)19-9-5-7-16(2)13-19;8-6-5(4-12)7-9-2-1-3-11(7)10-6;1-2/h5-10,13-15H,4H2,1-3H3;1-4H,(H2,8,10);2H2,1H3. The van der Waals surface area contributed by atoms with E-state index in [2.05, 4.69) is 32.8 Å². The van der Waals surface area contributed by atoms with E-state index in [1.165, 1.54) is 11.6 Å². The summed E-state index contributed by atoms with van der Waals surface area (Å²) in [5, 5.41) is 8.55. The second-order valence-electron chi connectivity index (χ2n) is 9.02. The van der Waals surface area contributed by atoms with Crippen LogP contribution in [-0.2, 0) is 13.5 Å². The molecule has 0 bridgehead atoms. The number of anilines is 1. The van der Waals surface area contributed by atoms with Crippen molar-refractivity contribution in [2.45, 2.75) is 20.3 Å². The quantitative estimate of drug-likeness (QED) is 0.247. The summed E-state index contributed by atoms with van der Waals surface area (Å²) in [5.74, 6) is 7.17. The monoisotopic (exact) mass is 561 g/mol. The Morgan fingerprint density at radius 1 is 1.07 bits per heavy atom. The van der Waals surface area contributed by atoms with Crippen LogP contribution in [0, 0.1) is 18.8 Å². The molecule has 0 aliphatic heterocycles. The van der Waals surface area contributed by atoms with Crippen molar-refractivity contribution in [1.29, 1.82) is 0 Å². The van der Waals surface area contributed by atoms with E-state index >= 15 is 0 Å². The molecule has 2 aromatic carbocycles. The molecule has 0 aliphatic rings.